The van der Waals surface area contributed by atoms with Crippen molar-refractivity contribution in [2.45, 2.75) is 27.7 Å². The fourth-order valence-corrected chi connectivity index (χ4v) is 3.69. The van der Waals surface area contributed by atoms with Gasteiger partial charge in [-0.25, -0.2) is 4.98 Å². The lowest BCUT2D eigenvalue weighted by Gasteiger charge is -2.19. The molecule has 1 aliphatic rings. The maximum absolute atomic E-state index is 10.3. The highest BCUT2D eigenvalue weighted by Crippen LogP contribution is 2.34. The Kier molecular flexibility index (Phi) is 3.53. The molecule has 22 heavy (non-hydrogen) atoms. The smallest absolute Gasteiger partial charge is 0.139 e. The summed E-state index contributed by atoms with van der Waals surface area (Å²) in [7, 11) is 0. The van der Waals surface area contributed by atoms with Gasteiger partial charge in [-0.2, -0.15) is 0 Å². The van der Waals surface area contributed by atoms with Crippen molar-refractivity contribution in [3.05, 3.63) is 50.7 Å². The zero-order valence-corrected chi connectivity index (χ0v) is 14.0. The normalized spacial score (nSPS) is 15.1. The standard InChI is InChI=1S/C17H19N3OS/c1-9-5-10(2)7-13(6-9)20-8-14(21)15(16(20)18)17-19-11(3)12(4)22-17/h5-7,18,21H,8H2,1-4H3. The van der Waals surface area contributed by atoms with Crippen LogP contribution in [0.15, 0.2) is 24.0 Å². The van der Waals surface area contributed by atoms with Gasteiger partial charge in [0.15, 0.2) is 0 Å². The fraction of sp³-hybridized carbons (Fsp3) is 0.294. The zero-order chi connectivity index (χ0) is 16.0. The van der Waals surface area contributed by atoms with Crippen molar-refractivity contribution in [3.63, 3.8) is 0 Å². The number of aryl methyl sites for hydroxylation is 4. The molecule has 0 atom stereocenters. The number of hydrogen-bond acceptors (Lipinski definition) is 4. The maximum atomic E-state index is 10.3. The zero-order valence-electron chi connectivity index (χ0n) is 13.2. The Balaban J connectivity index is 1.99. The Labute approximate surface area is 134 Å². The third-order valence-electron chi connectivity index (χ3n) is 3.86. The predicted molar refractivity (Wildman–Crippen MR) is 92.1 cm³/mol. The Morgan fingerprint density at radius 2 is 1.77 bits per heavy atom. The molecule has 5 heteroatoms. The van der Waals surface area contributed by atoms with E-state index in [0.29, 0.717) is 18.0 Å². The van der Waals surface area contributed by atoms with E-state index in [4.69, 9.17) is 5.41 Å². The van der Waals surface area contributed by atoms with Gasteiger partial charge in [0, 0.05) is 10.6 Å². The second kappa shape index (κ2) is 5.25. The van der Waals surface area contributed by atoms with E-state index < -0.39 is 0 Å². The summed E-state index contributed by atoms with van der Waals surface area (Å²) < 4.78 is 0. The van der Waals surface area contributed by atoms with Crippen molar-refractivity contribution in [1.29, 1.82) is 5.41 Å². The molecule has 0 fully saturated rings. The quantitative estimate of drug-likeness (QED) is 0.876. The molecule has 1 aliphatic heterocycles. The number of benzene rings is 1. The maximum Gasteiger partial charge on any atom is 0.139 e. The molecule has 2 aromatic rings. The van der Waals surface area contributed by atoms with Gasteiger partial charge in [-0.15, -0.1) is 11.3 Å². The highest BCUT2D eigenvalue weighted by atomic mass is 32.1. The van der Waals surface area contributed by atoms with Crippen LogP contribution >= 0.6 is 11.3 Å². The third-order valence-corrected chi connectivity index (χ3v) is 4.95. The number of aliphatic hydroxyl groups is 1. The molecular weight excluding hydrogens is 294 g/mol. The Hall–Kier alpha value is -2.14. The van der Waals surface area contributed by atoms with Gasteiger partial charge < -0.3 is 10.0 Å². The number of hydrogen-bond donors (Lipinski definition) is 2. The van der Waals surface area contributed by atoms with Gasteiger partial charge in [0.1, 0.15) is 16.6 Å². The van der Waals surface area contributed by atoms with Crippen molar-refractivity contribution >= 4 is 28.4 Å². The van der Waals surface area contributed by atoms with Crippen molar-refractivity contribution < 1.29 is 5.11 Å². The second-order valence-electron chi connectivity index (χ2n) is 5.76. The molecule has 0 bridgehead atoms. The minimum Gasteiger partial charge on any atom is -0.510 e. The molecule has 0 saturated heterocycles. The number of thiazole rings is 1. The van der Waals surface area contributed by atoms with Crippen LogP contribution in [0.3, 0.4) is 0 Å². The first-order valence-electron chi connectivity index (χ1n) is 7.18. The Morgan fingerprint density at radius 3 is 2.32 bits per heavy atom. The minimum atomic E-state index is 0.220. The second-order valence-corrected chi connectivity index (χ2v) is 6.97. The first-order valence-corrected chi connectivity index (χ1v) is 7.99. The topological polar surface area (TPSA) is 60.2 Å². The number of rotatable bonds is 2. The molecular formula is C17H19N3OS. The van der Waals surface area contributed by atoms with E-state index in [1.807, 2.05) is 44.7 Å². The predicted octanol–water partition coefficient (Wildman–Crippen LogP) is 4.14. The molecule has 0 amide bonds. The molecule has 1 aromatic carbocycles. The van der Waals surface area contributed by atoms with Crippen molar-refractivity contribution in [1.82, 2.24) is 4.98 Å². The molecule has 0 unspecified atom stereocenters. The van der Waals surface area contributed by atoms with Gasteiger partial charge in [-0.3, -0.25) is 5.41 Å². The SMILES string of the molecule is Cc1cc(C)cc(N2CC(O)=C(c3nc(C)c(C)s3)C2=N)c1. The first kappa shape index (κ1) is 14.8. The van der Waals surface area contributed by atoms with Crippen LogP contribution < -0.4 is 4.90 Å². The molecule has 0 spiro atoms. The molecule has 114 valence electrons. The Morgan fingerprint density at radius 1 is 1.14 bits per heavy atom. The van der Waals surface area contributed by atoms with E-state index in [9.17, 15) is 5.11 Å². The fourth-order valence-electron chi connectivity index (χ4n) is 2.71. The number of aromatic nitrogens is 1. The van der Waals surface area contributed by atoms with E-state index in [1.165, 1.54) is 11.3 Å². The number of amidine groups is 1. The van der Waals surface area contributed by atoms with Crippen LogP contribution in [-0.4, -0.2) is 22.5 Å². The van der Waals surface area contributed by atoms with Crippen LogP contribution in [0.4, 0.5) is 5.69 Å². The third kappa shape index (κ3) is 2.41. The van der Waals surface area contributed by atoms with E-state index in [1.54, 1.807) is 0 Å². The first-order chi connectivity index (χ1) is 10.4. The van der Waals surface area contributed by atoms with Crippen molar-refractivity contribution in [2.24, 2.45) is 0 Å². The molecule has 1 aromatic heterocycles. The summed E-state index contributed by atoms with van der Waals surface area (Å²) in [6.45, 7) is 8.37. The lowest BCUT2D eigenvalue weighted by Crippen LogP contribution is -2.26. The highest BCUT2D eigenvalue weighted by molar-refractivity contribution is 7.13. The van der Waals surface area contributed by atoms with Crippen LogP contribution in [0.2, 0.25) is 0 Å². The van der Waals surface area contributed by atoms with E-state index in [-0.39, 0.29) is 5.76 Å². The average Bonchev–Trinajstić information content (AvgIpc) is 2.89. The average molecular weight is 313 g/mol. The lowest BCUT2D eigenvalue weighted by molar-refractivity contribution is 0.411. The monoisotopic (exact) mass is 313 g/mol. The minimum absolute atomic E-state index is 0.220. The van der Waals surface area contributed by atoms with Crippen molar-refractivity contribution in [2.75, 3.05) is 11.4 Å². The highest BCUT2D eigenvalue weighted by Gasteiger charge is 2.31. The number of anilines is 1. The van der Waals surface area contributed by atoms with Crippen LogP contribution in [0.25, 0.3) is 5.57 Å². The molecule has 0 saturated carbocycles. The number of nitrogens with zero attached hydrogens (tertiary/aromatic N) is 2. The van der Waals surface area contributed by atoms with Gasteiger partial charge >= 0.3 is 0 Å². The largest absolute Gasteiger partial charge is 0.510 e. The van der Waals surface area contributed by atoms with Gasteiger partial charge in [0.2, 0.25) is 0 Å². The lowest BCUT2D eigenvalue weighted by atomic mass is 10.1. The molecule has 2 N–H and O–H groups in total. The van der Waals surface area contributed by atoms with E-state index in [0.717, 1.165) is 32.4 Å². The van der Waals surface area contributed by atoms with E-state index in [2.05, 4.69) is 11.1 Å². The molecule has 0 radical (unpaired) electrons. The van der Waals surface area contributed by atoms with Gasteiger partial charge in [0.05, 0.1) is 17.8 Å². The van der Waals surface area contributed by atoms with Crippen LogP contribution in [0, 0.1) is 33.1 Å². The summed E-state index contributed by atoms with van der Waals surface area (Å²) in [6.07, 6.45) is 0. The molecule has 0 aliphatic carbocycles. The summed E-state index contributed by atoms with van der Waals surface area (Å²) in [5.41, 5.74) is 4.75. The number of nitrogens with one attached hydrogen (secondary N) is 1. The summed E-state index contributed by atoms with van der Waals surface area (Å²) >= 11 is 1.53. The van der Waals surface area contributed by atoms with E-state index >= 15 is 0 Å². The number of aliphatic hydroxyl groups excluding tert-OH is 1. The van der Waals surface area contributed by atoms with Crippen LogP contribution in [0.5, 0.6) is 0 Å². The Bertz CT molecular complexity index is 764. The molecule has 3 rings (SSSR count). The van der Waals surface area contributed by atoms with Crippen LogP contribution in [0.1, 0.15) is 26.7 Å². The van der Waals surface area contributed by atoms with Crippen molar-refractivity contribution in [3.8, 4) is 0 Å². The van der Waals surface area contributed by atoms with Gasteiger partial charge in [-0.1, -0.05) is 6.07 Å². The summed E-state index contributed by atoms with van der Waals surface area (Å²) in [5.74, 6) is 0.536. The van der Waals surface area contributed by atoms with Gasteiger partial charge in [0.25, 0.3) is 0 Å². The summed E-state index contributed by atoms with van der Waals surface area (Å²) in [5, 5.41) is 19.5. The molecule has 2 heterocycles. The summed E-state index contributed by atoms with van der Waals surface area (Å²) in [4.78, 5) is 7.44. The van der Waals surface area contributed by atoms with Gasteiger partial charge in [-0.05, 0) is 51.0 Å². The van der Waals surface area contributed by atoms with Crippen LogP contribution in [-0.2, 0) is 0 Å². The molecule has 4 nitrogen and oxygen atoms in total. The summed E-state index contributed by atoms with van der Waals surface area (Å²) in [6, 6.07) is 6.18.